The third-order valence-corrected chi connectivity index (χ3v) is 10.7. The Kier molecular flexibility index (Phi) is 8.08. The van der Waals surface area contributed by atoms with E-state index in [4.69, 9.17) is 28.4 Å². The second-order valence-electron chi connectivity index (χ2n) is 12.1. The first-order valence-electron chi connectivity index (χ1n) is 14.8. The Morgan fingerprint density at radius 1 is 0.977 bits per heavy atom. The van der Waals surface area contributed by atoms with Gasteiger partial charge in [-0.1, -0.05) is 18.2 Å². The number of hydrogen-bond donors (Lipinski definition) is 1. The molecule has 2 bridgehead atoms. The number of benzene rings is 1. The monoisotopic (exact) mass is 631 g/mol. The van der Waals surface area contributed by atoms with Gasteiger partial charge < -0.3 is 38.4 Å². The molecule has 1 aromatic rings. The van der Waals surface area contributed by atoms with E-state index in [1.54, 1.807) is 6.07 Å². The lowest BCUT2D eigenvalue weighted by atomic mass is 9.53. The molecule has 1 aromatic carbocycles. The van der Waals surface area contributed by atoms with Gasteiger partial charge >= 0.3 is 23.9 Å². The molecule has 3 aliphatic heterocycles. The zero-order chi connectivity index (χ0) is 31.5. The summed E-state index contributed by atoms with van der Waals surface area (Å²) in [6.07, 6.45) is 0.918. The molecular weight excluding hydrogens is 594 g/mol. The second-order valence-corrected chi connectivity index (χ2v) is 13.4. The van der Waals surface area contributed by atoms with Crippen LogP contribution in [0.2, 0.25) is 0 Å². The average Bonchev–Trinajstić information content (AvgIpc) is 3.30. The minimum atomic E-state index is -1.25. The normalized spacial score (nSPS) is 36.4. The Balaban J connectivity index is 1.38. The lowest BCUT2D eigenvalue weighted by Gasteiger charge is -2.57. The first-order chi connectivity index (χ1) is 20.9. The summed E-state index contributed by atoms with van der Waals surface area (Å²) in [4.78, 5) is 50.9. The molecule has 5 aliphatic rings. The van der Waals surface area contributed by atoms with E-state index in [2.05, 4.69) is 24.1 Å². The summed E-state index contributed by atoms with van der Waals surface area (Å²) in [5.41, 5.74) is 0.904. The Morgan fingerprint density at radius 2 is 1.66 bits per heavy atom. The molecule has 2 fully saturated rings. The Hall–Kier alpha value is -3.29. The highest BCUT2D eigenvalue weighted by atomic mass is 32.2. The van der Waals surface area contributed by atoms with Crippen molar-refractivity contribution in [3.05, 3.63) is 35.4 Å². The van der Waals surface area contributed by atoms with Gasteiger partial charge in [0, 0.05) is 50.6 Å². The number of likely N-dealkylation sites (N-methyl/N-ethyl adjacent to an activating group) is 1. The number of rotatable bonds is 7. The first-order valence-corrected chi connectivity index (χ1v) is 15.7. The molecule has 0 amide bonds. The van der Waals surface area contributed by atoms with Crippen molar-refractivity contribution in [2.24, 2.45) is 5.92 Å². The van der Waals surface area contributed by atoms with E-state index in [9.17, 15) is 24.3 Å². The smallest absolute Gasteiger partial charge is 0.303 e. The molecule has 44 heavy (non-hydrogen) atoms. The van der Waals surface area contributed by atoms with E-state index < -0.39 is 53.7 Å². The number of esters is 4. The lowest BCUT2D eigenvalue weighted by Crippen LogP contribution is -2.65. The molecular formula is C31H37NO11S. The molecule has 13 heteroatoms. The van der Waals surface area contributed by atoms with Gasteiger partial charge in [-0.25, -0.2) is 0 Å². The van der Waals surface area contributed by atoms with Crippen LogP contribution < -0.4 is 4.74 Å². The van der Waals surface area contributed by atoms with Crippen molar-refractivity contribution < 1.29 is 52.7 Å². The number of piperidine rings is 1. The number of carbonyl (C=O) groups is 4. The number of ether oxygens (including phenoxy) is 6. The SMILES string of the molecule is CC(=O)OC[C@H]1OC(SC2C=CC3C4Cc5ccc(O)c6c5C3(CCN4C)C2O6)[C@H](OC(C)=O)[C@@H](OC(C)=O)[C@@H]1OC(C)=O. The minimum Gasteiger partial charge on any atom is -0.504 e. The number of likely N-dealkylation sites (tertiary alicyclic amines) is 1. The summed E-state index contributed by atoms with van der Waals surface area (Å²) in [6, 6.07) is 3.95. The van der Waals surface area contributed by atoms with Crippen LogP contribution >= 0.6 is 11.8 Å². The largest absolute Gasteiger partial charge is 0.504 e. The van der Waals surface area contributed by atoms with E-state index in [1.165, 1.54) is 45.0 Å². The lowest BCUT2D eigenvalue weighted by molar-refractivity contribution is -0.237. The third kappa shape index (κ3) is 5.12. The van der Waals surface area contributed by atoms with Crippen LogP contribution in [0.4, 0.5) is 0 Å². The fourth-order valence-corrected chi connectivity index (χ4v) is 9.29. The van der Waals surface area contributed by atoms with E-state index in [0.717, 1.165) is 24.9 Å². The van der Waals surface area contributed by atoms with Gasteiger partial charge in [0.25, 0.3) is 0 Å². The minimum absolute atomic E-state index is 0.0969. The van der Waals surface area contributed by atoms with Gasteiger partial charge in [-0.05, 0) is 38.1 Å². The summed E-state index contributed by atoms with van der Waals surface area (Å²) in [5, 5.41) is 10.6. The van der Waals surface area contributed by atoms with Gasteiger partial charge in [0.15, 0.2) is 29.8 Å². The number of carbonyl (C=O) groups excluding carboxylic acids is 4. The molecule has 0 radical (unpaired) electrons. The van der Waals surface area contributed by atoms with Crippen molar-refractivity contribution in [3.8, 4) is 11.5 Å². The predicted molar refractivity (Wildman–Crippen MR) is 155 cm³/mol. The number of phenols is 1. The van der Waals surface area contributed by atoms with Crippen LogP contribution in [0.5, 0.6) is 11.5 Å². The molecule has 238 valence electrons. The van der Waals surface area contributed by atoms with Crippen molar-refractivity contribution in [2.75, 3.05) is 20.2 Å². The highest BCUT2D eigenvalue weighted by Crippen LogP contribution is 2.63. The van der Waals surface area contributed by atoms with Gasteiger partial charge in [-0.15, -0.1) is 11.8 Å². The highest BCUT2D eigenvalue weighted by molar-refractivity contribution is 8.00. The van der Waals surface area contributed by atoms with Crippen LogP contribution in [-0.2, 0) is 54.7 Å². The topological polar surface area (TPSA) is 147 Å². The fourth-order valence-electron chi connectivity index (χ4n) is 7.79. The summed E-state index contributed by atoms with van der Waals surface area (Å²) < 4.78 is 35.2. The van der Waals surface area contributed by atoms with Gasteiger partial charge in [0.05, 0.1) is 5.25 Å². The maximum Gasteiger partial charge on any atom is 0.303 e. The Labute approximate surface area is 259 Å². The molecule has 2 aliphatic carbocycles. The number of aromatic hydroxyl groups is 1. The molecule has 0 saturated carbocycles. The van der Waals surface area contributed by atoms with Crippen LogP contribution in [-0.4, -0.2) is 101 Å². The van der Waals surface area contributed by atoms with Crippen LogP contribution in [0.3, 0.4) is 0 Å². The quantitative estimate of drug-likeness (QED) is 0.266. The summed E-state index contributed by atoms with van der Waals surface area (Å²) >= 11 is 1.33. The second kappa shape index (κ2) is 11.6. The summed E-state index contributed by atoms with van der Waals surface area (Å²) in [7, 11) is 2.14. The zero-order valence-corrected chi connectivity index (χ0v) is 26.0. The van der Waals surface area contributed by atoms with Crippen molar-refractivity contribution in [3.63, 3.8) is 0 Å². The standard InChI is InChI=1S/C31H37NO11S/c1-14(33)38-13-22-26(39-15(2)34)27(40-16(3)35)28(41-17(4)36)30(42-22)44-23-9-7-19-20-12-18-6-8-21(37)25-24(18)31(19,29(23)43-25)10-11-32(20)5/h6-9,19-20,22-23,26-30,37H,10-13H2,1-5H3/t19?,20?,22-,23?,26-,27+,28-,29?,30?,31?/m1/s1. The number of nitrogens with zero attached hydrogens (tertiary/aromatic N) is 1. The average molecular weight is 632 g/mol. The highest BCUT2D eigenvalue weighted by Gasteiger charge is 2.65. The van der Waals surface area contributed by atoms with Gasteiger partial charge in [0.2, 0.25) is 0 Å². The Bertz CT molecular complexity index is 1400. The van der Waals surface area contributed by atoms with Crippen molar-refractivity contribution in [2.45, 2.75) is 93.2 Å². The van der Waals surface area contributed by atoms with Crippen molar-refractivity contribution >= 4 is 35.6 Å². The molecule has 10 atom stereocenters. The van der Waals surface area contributed by atoms with E-state index in [0.29, 0.717) is 5.75 Å². The summed E-state index contributed by atoms with van der Waals surface area (Å²) in [5.74, 6) is -1.82. The van der Waals surface area contributed by atoms with Crippen LogP contribution in [0.25, 0.3) is 0 Å². The van der Waals surface area contributed by atoms with E-state index in [1.807, 2.05) is 6.07 Å². The van der Waals surface area contributed by atoms with Crippen LogP contribution in [0, 0.1) is 5.92 Å². The predicted octanol–water partition coefficient (Wildman–Crippen LogP) is 2.02. The van der Waals surface area contributed by atoms with E-state index in [-0.39, 0.29) is 41.1 Å². The third-order valence-electron chi connectivity index (χ3n) is 9.37. The summed E-state index contributed by atoms with van der Waals surface area (Å²) in [6.45, 7) is 5.42. The van der Waals surface area contributed by atoms with E-state index >= 15 is 0 Å². The maximum atomic E-state index is 12.4. The van der Waals surface area contributed by atoms with Crippen molar-refractivity contribution in [1.82, 2.24) is 4.90 Å². The van der Waals surface area contributed by atoms with Crippen LogP contribution in [0.15, 0.2) is 24.3 Å². The van der Waals surface area contributed by atoms with Crippen LogP contribution in [0.1, 0.15) is 45.2 Å². The van der Waals surface area contributed by atoms with Gasteiger partial charge in [-0.2, -0.15) is 0 Å². The first kappa shape index (κ1) is 30.7. The van der Waals surface area contributed by atoms with Gasteiger partial charge in [-0.3, -0.25) is 19.2 Å². The molecule has 6 unspecified atom stereocenters. The van der Waals surface area contributed by atoms with Gasteiger partial charge in [0.1, 0.15) is 24.3 Å². The molecule has 6 rings (SSSR count). The fraction of sp³-hybridized carbons (Fsp3) is 0.613. The molecule has 12 nitrogen and oxygen atoms in total. The zero-order valence-electron chi connectivity index (χ0n) is 25.2. The molecule has 3 heterocycles. The number of phenolic OH excluding ortho intramolecular Hbond substituents is 1. The number of hydrogen-bond acceptors (Lipinski definition) is 13. The molecule has 1 spiro atoms. The molecule has 2 saturated heterocycles. The maximum absolute atomic E-state index is 12.4. The number of thioether (sulfide) groups is 1. The van der Waals surface area contributed by atoms with Crippen molar-refractivity contribution in [1.29, 1.82) is 0 Å². The molecule has 1 N–H and O–H groups in total. The Morgan fingerprint density at radius 3 is 2.34 bits per heavy atom. The molecule has 0 aromatic heterocycles.